The number of carbonyl (C=O) groups excluding carboxylic acids is 3. The number of carbonyl (C=O) groups is 3. The van der Waals surface area contributed by atoms with E-state index in [1.165, 1.54) is 23.5 Å². The quantitative estimate of drug-likeness (QED) is 0.843. The first-order valence-corrected chi connectivity index (χ1v) is 8.01. The van der Waals surface area contributed by atoms with Crippen LogP contribution in [-0.2, 0) is 4.79 Å². The molecule has 0 atom stereocenters. The standard InChI is InChI=1S/C14H9Cl2N3O3S/c1-6-4-17-14(23-6)18-11(20)5-19-12(21)7-2-9(15)10(16)3-8(7)13(19)22/h2-4H,5H2,1H3,(H,17,18,20). The molecule has 3 rings (SSSR count). The number of amides is 3. The lowest BCUT2D eigenvalue weighted by Crippen LogP contribution is -2.37. The van der Waals surface area contributed by atoms with Crippen LogP contribution < -0.4 is 5.32 Å². The Morgan fingerprint density at radius 2 is 1.78 bits per heavy atom. The number of anilines is 1. The monoisotopic (exact) mass is 369 g/mol. The van der Waals surface area contributed by atoms with Gasteiger partial charge >= 0.3 is 0 Å². The molecule has 1 aromatic carbocycles. The van der Waals surface area contributed by atoms with E-state index < -0.39 is 24.3 Å². The number of aryl methyl sites for hydroxylation is 1. The third-order valence-electron chi connectivity index (χ3n) is 3.18. The molecule has 0 unspecified atom stereocenters. The van der Waals surface area contributed by atoms with Crippen LogP contribution in [0.5, 0.6) is 0 Å². The normalized spacial score (nSPS) is 13.4. The number of fused-ring (bicyclic) bond motifs is 1. The fraction of sp³-hybridized carbons (Fsp3) is 0.143. The van der Waals surface area contributed by atoms with Gasteiger partial charge < -0.3 is 5.32 Å². The molecule has 1 aliphatic heterocycles. The predicted octanol–water partition coefficient (Wildman–Crippen LogP) is 2.99. The lowest BCUT2D eigenvalue weighted by atomic mass is 10.1. The van der Waals surface area contributed by atoms with E-state index >= 15 is 0 Å². The van der Waals surface area contributed by atoms with Crippen LogP contribution in [0.2, 0.25) is 10.0 Å². The molecule has 2 heterocycles. The maximum atomic E-state index is 12.3. The van der Waals surface area contributed by atoms with Gasteiger partial charge in [-0.3, -0.25) is 19.3 Å². The van der Waals surface area contributed by atoms with Crippen LogP contribution in [0.1, 0.15) is 25.6 Å². The van der Waals surface area contributed by atoms with Crippen molar-refractivity contribution in [1.29, 1.82) is 0 Å². The molecule has 6 nitrogen and oxygen atoms in total. The largest absolute Gasteiger partial charge is 0.300 e. The fourth-order valence-electron chi connectivity index (χ4n) is 2.14. The van der Waals surface area contributed by atoms with Crippen molar-refractivity contribution in [2.45, 2.75) is 6.92 Å². The van der Waals surface area contributed by atoms with E-state index in [-0.39, 0.29) is 21.2 Å². The summed E-state index contributed by atoms with van der Waals surface area (Å²) in [6, 6.07) is 2.67. The van der Waals surface area contributed by atoms with Crippen LogP contribution >= 0.6 is 34.5 Å². The van der Waals surface area contributed by atoms with Crippen LogP contribution in [0, 0.1) is 6.92 Å². The molecule has 118 valence electrons. The molecule has 1 N–H and O–H groups in total. The van der Waals surface area contributed by atoms with Gasteiger partial charge in [0, 0.05) is 11.1 Å². The lowest BCUT2D eigenvalue weighted by molar-refractivity contribution is -0.116. The first-order valence-electron chi connectivity index (χ1n) is 6.44. The Kier molecular flexibility index (Phi) is 4.09. The van der Waals surface area contributed by atoms with Crippen LogP contribution in [-0.4, -0.2) is 34.2 Å². The molecule has 0 spiro atoms. The molecule has 0 fully saturated rings. The first kappa shape index (κ1) is 15.9. The third kappa shape index (κ3) is 2.95. The van der Waals surface area contributed by atoms with Gasteiger partial charge in [-0.1, -0.05) is 23.2 Å². The molecular formula is C14H9Cl2N3O3S. The van der Waals surface area contributed by atoms with E-state index in [0.29, 0.717) is 5.13 Å². The van der Waals surface area contributed by atoms with Crippen LogP contribution in [0.25, 0.3) is 0 Å². The van der Waals surface area contributed by atoms with Crippen molar-refractivity contribution < 1.29 is 14.4 Å². The fourth-order valence-corrected chi connectivity index (χ4v) is 3.15. The van der Waals surface area contributed by atoms with Gasteiger partial charge in [-0.25, -0.2) is 4.98 Å². The highest BCUT2D eigenvalue weighted by atomic mass is 35.5. The summed E-state index contributed by atoms with van der Waals surface area (Å²) in [5, 5.41) is 3.32. The molecule has 0 radical (unpaired) electrons. The van der Waals surface area contributed by atoms with Crippen molar-refractivity contribution in [1.82, 2.24) is 9.88 Å². The summed E-state index contributed by atoms with van der Waals surface area (Å²) < 4.78 is 0. The minimum absolute atomic E-state index is 0.141. The zero-order valence-electron chi connectivity index (χ0n) is 11.7. The average Bonchev–Trinajstić information content (AvgIpc) is 2.98. The Morgan fingerprint density at radius 1 is 1.22 bits per heavy atom. The highest BCUT2D eigenvalue weighted by molar-refractivity contribution is 7.15. The van der Waals surface area contributed by atoms with E-state index in [0.717, 1.165) is 9.78 Å². The van der Waals surface area contributed by atoms with E-state index in [2.05, 4.69) is 10.3 Å². The zero-order chi connectivity index (χ0) is 16.7. The number of benzene rings is 1. The topological polar surface area (TPSA) is 79.4 Å². The molecule has 2 aromatic rings. The number of nitrogens with one attached hydrogen (secondary N) is 1. The Labute approximate surface area is 145 Å². The number of hydrogen-bond donors (Lipinski definition) is 1. The molecule has 0 aliphatic carbocycles. The average molecular weight is 370 g/mol. The van der Waals surface area contributed by atoms with Gasteiger partial charge in [-0.05, 0) is 19.1 Å². The number of rotatable bonds is 3. The Bertz CT molecular complexity index is 809. The summed E-state index contributed by atoms with van der Waals surface area (Å²) in [4.78, 5) is 42.3. The molecule has 0 saturated heterocycles. The molecule has 9 heteroatoms. The zero-order valence-corrected chi connectivity index (χ0v) is 14.1. The van der Waals surface area contributed by atoms with Gasteiger partial charge in [0.25, 0.3) is 11.8 Å². The molecule has 1 aromatic heterocycles. The van der Waals surface area contributed by atoms with Crippen molar-refractivity contribution in [3.05, 3.63) is 44.4 Å². The molecule has 23 heavy (non-hydrogen) atoms. The molecule has 3 amide bonds. The van der Waals surface area contributed by atoms with E-state index in [4.69, 9.17) is 23.2 Å². The van der Waals surface area contributed by atoms with Gasteiger partial charge in [0.05, 0.1) is 21.2 Å². The van der Waals surface area contributed by atoms with E-state index in [1.54, 1.807) is 6.20 Å². The van der Waals surface area contributed by atoms with Crippen molar-refractivity contribution in [3.63, 3.8) is 0 Å². The predicted molar refractivity (Wildman–Crippen MR) is 87.3 cm³/mol. The second kappa shape index (κ2) is 5.92. The SMILES string of the molecule is Cc1cnc(NC(=O)CN2C(=O)c3cc(Cl)c(Cl)cc3C2=O)s1. The third-order valence-corrected chi connectivity index (χ3v) is 4.73. The highest BCUT2D eigenvalue weighted by Crippen LogP contribution is 2.31. The van der Waals surface area contributed by atoms with Gasteiger partial charge in [-0.15, -0.1) is 11.3 Å². The number of aromatic nitrogens is 1. The van der Waals surface area contributed by atoms with E-state index in [1.807, 2.05) is 6.92 Å². The Hall–Kier alpha value is -1.96. The molecular weight excluding hydrogens is 361 g/mol. The van der Waals surface area contributed by atoms with Gasteiger partial charge in [-0.2, -0.15) is 0 Å². The summed E-state index contributed by atoms with van der Waals surface area (Å²) in [5.41, 5.74) is 0.282. The van der Waals surface area contributed by atoms with Crippen LogP contribution in [0.3, 0.4) is 0 Å². The lowest BCUT2D eigenvalue weighted by Gasteiger charge is -2.12. The number of nitrogens with zero attached hydrogens (tertiary/aromatic N) is 2. The van der Waals surface area contributed by atoms with Gasteiger partial charge in [0.15, 0.2) is 5.13 Å². The summed E-state index contributed by atoms with van der Waals surface area (Å²) in [5.74, 6) is -1.66. The van der Waals surface area contributed by atoms with Crippen molar-refractivity contribution in [2.24, 2.45) is 0 Å². The summed E-state index contributed by atoms with van der Waals surface area (Å²) in [6.45, 7) is 1.45. The van der Waals surface area contributed by atoms with E-state index in [9.17, 15) is 14.4 Å². The summed E-state index contributed by atoms with van der Waals surface area (Å²) >= 11 is 13.0. The highest BCUT2D eigenvalue weighted by Gasteiger charge is 2.37. The summed E-state index contributed by atoms with van der Waals surface area (Å²) in [6.07, 6.45) is 1.62. The second-order valence-electron chi connectivity index (χ2n) is 4.83. The second-order valence-corrected chi connectivity index (χ2v) is 6.88. The van der Waals surface area contributed by atoms with Crippen molar-refractivity contribution >= 4 is 57.4 Å². The number of thiazole rings is 1. The number of imide groups is 1. The summed E-state index contributed by atoms with van der Waals surface area (Å²) in [7, 11) is 0. The number of hydrogen-bond acceptors (Lipinski definition) is 5. The van der Waals surface area contributed by atoms with Crippen molar-refractivity contribution in [2.75, 3.05) is 11.9 Å². The van der Waals surface area contributed by atoms with Crippen LogP contribution in [0.15, 0.2) is 18.3 Å². The van der Waals surface area contributed by atoms with Gasteiger partial charge in [0.2, 0.25) is 5.91 Å². The van der Waals surface area contributed by atoms with Gasteiger partial charge in [0.1, 0.15) is 6.54 Å². The Morgan fingerprint density at radius 3 is 2.26 bits per heavy atom. The minimum Gasteiger partial charge on any atom is -0.300 e. The van der Waals surface area contributed by atoms with Crippen molar-refractivity contribution in [3.8, 4) is 0 Å². The van der Waals surface area contributed by atoms with Crippen LogP contribution in [0.4, 0.5) is 5.13 Å². The maximum Gasteiger partial charge on any atom is 0.262 e. The maximum absolute atomic E-state index is 12.3. The molecule has 0 saturated carbocycles. The smallest absolute Gasteiger partial charge is 0.262 e. The molecule has 0 bridgehead atoms. The minimum atomic E-state index is -0.575. The number of halogens is 2. The first-order chi connectivity index (χ1) is 10.9. The molecule has 1 aliphatic rings. The Balaban J connectivity index is 1.78.